The molecular formula is C20H33ClN2O. The number of ether oxygens (including phenoxy) is 1. The molecule has 4 heteroatoms. The summed E-state index contributed by atoms with van der Waals surface area (Å²) in [5.74, 6) is 0. The third-order valence-corrected chi connectivity index (χ3v) is 5.04. The lowest BCUT2D eigenvalue weighted by Gasteiger charge is -2.35. The first-order valence-electron chi connectivity index (χ1n) is 9.59. The molecule has 3 nitrogen and oxygen atoms in total. The van der Waals surface area contributed by atoms with Crippen LogP contribution in [-0.4, -0.2) is 44.3 Å². The summed E-state index contributed by atoms with van der Waals surface area (Å²) in [4.78, 5) is 2.53. The predicted molar refractivity (Wildman–Crippen MR) is 103 cm³/mol. The van der Waals surface area contributed by atoms with E-state index in [2.05, 4.69) is 29.3 Å². The standard InChI is InChI=1S/C20H33ClN2O/c1-2-3-4-5-6-7-12-22-17-20(23-13-15-24-16-14-23)18-8-10-19(21)11-9-18/h8-11,20,22H,2-7,12-17H2,1H3. The van der Waals surface area contributed by atoms with Crippen LogP contribution in [0.15, 0.2) is 24.3 Å². The Morgan fingerprint density at radius 2 is 1.71 bits per heavy atom. The fraction of sp³-hybridized carbons (Fsp3) is 0.700. The lowest BCUT2D eigenvalue weighted by Crippen LogP contribution is -2.43. The third-order valence-electron chi connectivity index (χ3n) is 4.79. The monoisotopic (exact) mass is 352 g/mol. The smallest absolute Gasteiger partial charge is 0.0594 e. The number of halogens is 1. The maximum absolute atomic E-state index is 6.05. The molecule has 1 saturated heterocycles. The molecule has 136 valence electrons. The van der Waals surface area contributed by atoms with Gasteiger partial charge in [-0.1, -0.05) is 62.8 Å². The second-order valence-electron chi connectivity index (χ2n) is 6.69. The Morgan fingerprint density at radius 1 is 1.04 bits per heavy atom. The highest BCUT2D eigenvalue weighted by atomic mass is 35.5. The molecule has 0 amide bonds. The molecule has 1 aromatic carbocycles. The topological polar surface area (TPSA) is 24.5 Å². The number of unbranched alkanes of at least 4 members (excludes halogenated alkanes) is 5. The molecule has 1 heterocycles. The second kappa shape index (κ2) is 11.9. The van der Waals surface area contributed by atoms with Crippen LogP contribution in [0.2, 0.25) is 5.02 Å². The molecule has 0 saturated carbocycles. The van der Waals surface area contributed by atoms with Crippen molar-refractivity contribution in [2.75, 3.05) is 39.4 Å². The van der Waals surface area contributed by atoms with Gasteiger partial charge in [0.05, 0.1) is 13.2 Å². The Hall–Kier alpha value is -0.610. The number of hydrogen-bond acceptors (Lipinski definition) is 3. The van der Waals surface area contributed by atoms with Crippen molar-refractivity contribution in [3.05, 3.63) is 34.9 Å². The van der Waals surface area contributed by atoms with Gasteiger partial charge in [0.2, 0.25) is 0 Å². The van der Waals surface area contributed by atoms with E-state index in [0.717, 1.165) is 44.4 Å². The van der Waals surface area contributed by atoms with Crippen molar-refractivity contribution in [1.29, 1.82) is 0 Å². The van der Waals surface area contributed by atoms with Gasteiger partial charge < -0.3 is 10.1 Å². The number of morpholine rings is 1. The molecule has 0 aliphatic carbocycles. The van der Waals surface area contributed by atoms with Crippen molar-refractivity contribution < 1.29 is 4.74 Å². The number of nitrogens with zero attached hydrogens (tertiary/aromatic N) is 1. The van der Waals surface area contributed by atoms with E-state index >= 15 is 0 Å². The van der Waals surface area contributed by atoms with Crippen LogP contribution in [0, 0.1) is 0 Å². The molecule has 1 aromatic rings. The Bertz CT molecular complexity index is 432. The van der Waals surface area contributed by atoms with Gasteiger partial charge in [0, 0.05) is 30.7 Å². The fourth-order valence-corrected chi connectivity index (χ4v) is 3.43. The van der Waals surface area contributed by atoms with Gasteiger partial charge in [-0.05, 0) is 30.7 Å². The van der Waals surface area contributed by atoms with Crippen molar-refractivity contribution in [3.8, 4) is 0 Å². The quantitative estimate of drug-likeness (QED) is 0.586. The van der Waals surface area contributed by atoms with Crippen LogP contribution < -0.4 is 5.32 Å². The molecule has 1 aliphatic rings. The van der Waals surface area contributed by atoms with Crippen LogP contribution >= 0.6 is 11.6 Å². The highest BCUT2D eigenvalue weighted by Gasteiger charge is 2.22. The SMILES string of the molecule is CCCCCCCCNCC(c1ccc(Cl)cc1)N1CCOCC1. The van der Waals surface area contributed by atoms with Gasteiger partial charge in [0.1, 0.15) is 0 Å². The molecule has 0 bridgehead atoms. The van der Waals surface area contributed by atoms with E-state index in [1.807, 2.05) is 12.1 Å². The minimum Gasteiger partial charge on any atom is -0.379 e. The van der Waals surface area contributed by atoms with Crippen LogP contribution in [0.3, 0.4) is 0 Å². The van der Waals surface area contributed by atoms with E-state index in [4.69, 9.17) is 16.3 Å². The molecule has 1 atom stereocenters. The van der Waals surface area contributed by atoms with E-state index in [9.17, 15) is 0 Å². The Balaban J connectivity index is 1.77. The highest BCUT2D eigenvalue weighted by molar-refractivity contribution is 6.30. The zero-order valence-corrected chi connectivity index (χ0v) is 15.9. The first-order chi connectivity index (χ1) is 11.8. The Labute approximate surface area is 152 Å². The number of hydrogen-bond donors (Lipinski definition) is 1. The van der Waals surface area contributed by atoms with Gasteiger partial charge in [0.25, 0.3) is 0 Å². The average molecular weight is 353 g/mol. The molecule has 1 N–H and O–H groups in total. The molecule has 24 heavy (non-hydrogen) atoms. The highest BCUT2D eigenvalue weighted by Crippen LogP contribution is 2.23. The van der Waals surface area contributed by atoms with Crippen molar-refractivity contribution in [1.82, 2.24) is 10.2 Å². The molecule has 1 aliphatic heterocycles. The number of benzene rings is 1. The molecule has 1 unspecified atom stereocenters. The van der Waals surface area contributed by atoms with E-state index < -0.39 is 0 Å². The van der Waals surface area contributed by atoms with Crippen LogP contribution in [-0.2, 0) is 4.74 Å². The lowest BCUT2D eigenvalue weighted by molar-refractivity contribution is 0.0162. The lowest BCUT2D eigenvalue weighted by atomic mass is 10.0. The maximum Gasteiger partial charge on any atom is 0.0594 e. The second-order valence-corrected chi connectivity index (χ2v) is 7.12. The van der Waals surface area contributed by atoms with Gasteiger partial charge in [-0.25, -0.2) is 0 Å². The zero-order chi connectivity index (χ0) is 17.0. The van der Waals surface area contributed by atoms with E-state index in [1.54, 1.807) is 0 Å². The number of rotatable bonds is 11. The summed E-state index contributed by atoms with van der Waals surface area (Å²) in [5, 5.41) is 4.48. The van der Waals surface area contributed by atoms with E-state index in [1.165, 1.54) is 44.1 Å². The summed E-state index contributed by atoms with van der Waals surface area (Å²) in [6, 6.07) is 8.73. The largest absolute Gasteiger partial charge is 0.379 e. The van der Waals surface area contributed by atoms with Crippen molar-refractivity contribution in [2.45, 2.75) is 51.5 Å². The molecule has 0 aromatic heterocycles. The molecule has 0 spiro atoms. The predicted octanol–water partition coefficient (Wildman–Crippen LogP) is 4.66. The summed E-state index contributed by atoms with van der Waals surface area (Å²) in [7, 11) is 0. The fourth-order valence-electron chi connectivity index (χ4n) is 3.30. The van der Waals surface area contributed by atoms with Crippen LogP contribution in [0.25, 0.3) is 0 Å². The summed E-state index contributed by atoms with van der Waals surface area (Å²) in [5.41, 5.74) is 1.34. The molecule has 0 radical (unpaired) electrons. The molecule has 2 rings (SSSR count). The van der Waals surface area contributed by atoms with Gasteiger partial charge in [-0.15, -0.1) is 0 Å². The summed E-state index contributed by atoms with van der Waals surface area (Å²) in [6.07, 6.45) is 8.08. The van der Waals surface area contributed by atoms with Gasteiger partial charge in [-0.2, -0.15) is 0 Å². The summed E-state index contributed by atoms with van der Waals surface area (Å²) < 4.78 is 5.51. The minimum atomic E-state index is 0.409. The average Bonchev–Trinajstić information content (AvgIpc) is 2.62. The number of nitrogens with one attached hydrogen (secondary N) is 1. The van der Waals surface area contributed by atoms with Crippen molar-refractivity contribution in [3.63, 3.8) is 0 Å². The van der Waals surface area contributed by atoms with Crippen molar-refractivity contribution in [2.24, 2.45) is 0 Å². The van der Waals surface area contributed by atoms with Crippen LogP contribution in [0.5, 0.6) is 0 Å². The maximum atomic E-state index is 6.05. The molecular weight excluding hydrogens is 320 g/mol. The van der Waals surface area contributed by atoms with Crippen LogP contribution in [0.1, 0.15) is 57.1 Å². The van der Waals surface area contributed by atoms with Gasteiger partial charge >= 0.3 is 0 Å². The summed E-state index contributed by atoms with van der Waals surface area (Å²) >= 11 is 6.05. The first-order valence-corrected chi connectivity index (χ1v) is 9.97. The normalized spacial score (nSPS) is 17.1. The summed E-state index contributed by atoms with van der Waals surface area (Å²) in [6.45, 7) is 8.06. The first kappa shape index (κ1) is 19.7. The van der Waals surface area contributed by atoms with Gasteiger partial charge in [-0.3, -0.25) is 4.90 Å². The van der Waals surface area contributed by atoms with Crippen LogP contribution in [0.4, 0.5) is 0 Å². The van der Waals surface area contributed by atoms with Crippen molar-refractivity contribution >= 4 is 11.6 Å². The van der Waals surface area contributed by atoms with E-state index in [-0.39, 0.29) is 0 Å². The Morgan fingerprint density at radius 3 is 2.42 bits per heavy atom. The zero-order valence-electron chi connectivity index (χ0n) is 15.1. The minimum absolute atomic E-state index is 0.409. The Kier molecular flexibility index (Phi) is 9.74. The van der Waals surface area contributed by atoms with Gasteiger partial charge in [0.15, 0.2) is 0 Å². The third kappa shape index (κ3) is 7.10. The molecule has 1 fully saturated rings. The van der Waals surface area contributed by atoms with E-state index in [0.29, 0.717) is 6.04 Å².